The number of hydrogen-bond acceptors (Lipinski definition) is 5. The number of fused-ring (bicyclic) bond motifs is 1. The van der Waals surface area contributed by atoms with Gasteiger partial charge in [0.2, 0.25) is 5.91 Å². The maximum Gasteiger partial charge on any atom is 0.350 e. The fourth-order valence-electron chi connectivity index (χ4n) is 2.60. The fraction of sp³-hybridized carbons (Fsp3) is 0.278. The molecule has 0 aliphatic rings. The van der Waals surface area contributed by atoms with Crippen LogP contribution in [0.1, 0.15) is 12.0 Å². The molecule has 3 N–H and O–H groups in total. The number of nitrogens with zero attached hydrogens (tertiary/aromatic N) is 3. The maximum absolute atomic E-state index is 12.4. The van der Waals surface area contributed by atoms with E-state index in [1.54, 1.807) is 36.2 Å². The molecule has 0 aliphatic carbocycles. The number of aromatic nitrogens is 3. The second-order valence-corrected chi connectivity index (χ2v) is 6.93. The van der Waals surface area contributed by atoms with E-state index in [1.165, 1.54) is 9.08 Å². The van der Waals surface area contributed by atoms with Crippen molar-refractivity contribution in [2.75, 3.05) is 17.3 Å². The van der Waals surface area contributed by atoms with Gasteiger partial charge in [-0.1, -0.05) is 18.2 Å². The highest BCUT2D eigenvalue weighted by Gasteiger charge is 2.13. The lowest BCUT2D eigenvalue weighted by Gasteiger charge is -2.12. The normalized spacial score (nSPS) is 11.8. The molecular weight excluding hydrogens is 386 g/mol. The van der Waals surface area contributed by atoms with Crippen molar-refractivity contribution >= 4 is 41.4 Å². The van der Waals surface area contributed by atoms with Crippen molar-refractivity contribution < 1.29 is 4.79 Å². The molecule has 2 aromatic heterocycles. The SMILES string of the molecule is CSCC[C@H](N)C(=O)Nc1cccc(Cn2nc3ccccn3c2=O)c1.Cl. The quantitative estimate of drug-likeness (QED) is 0.624. The summed E-state index contributed by atoms with van der Waals surface area (Å²) in [7, 11) is 0. The van der Waals surface area contributed by atoms with Crippen LogP contribution in [0.15, 0.2) is 53.5 Å². The summed E-state index contributed by atoms with van der Waals surface area (Å²) in [6, 6.07) is 12.2. The number of carbonyl (C=O) groups is 1. The van der Waals surface area contributed by atoms with Crippen molar-refractivity contribution in [1.29, 1.82) is 0 Å². The zero-order chi connectivity index (χ0) is 18.5. The van der Waals surface area contributed by atoms with Gasteiger partial charge in [0.15, 0.2) is 5.65 Å². The second kappa shape index (κ2) is 9.59. The van der Waals surface area contributed by atoms with Gasteiger partial charge >= 0.3 is 5.69 Å². The Morgan fingerprint density at radius 1 is 1.30 bits per heavy atom. The summed E-state index contributed by atoms with van der Waals surface area (Å²) in [4.78, 5) is 24.5. The number of pyridine rings is 1. The number of rotatable bonds is 7. The van der Waals surface area contributed by atoms with Gasteiger partial charge in [-0.3, -0.25) is 9.20 Å². The molecule has 0 spiro atoms. The molecule has 1 amide bonds. The zero-order valence-corrected chi connectivity index (χ0v) is 16.5. The number of anilines is 1. The fourth-order valence-corrected chi connectivity index (χ4v) is 3.09. The number of carbonyl (C=O) groups excluding carboxylic acids is 1. The number of benzene rings is 1. The topological polar surface area (TPSA) is 94.4 Å². The highest BCUT2D eigenvalue weighted by Crippen LogP contribution is 2.12. The minimum absolute atomic E-state index is 0. The van der Waals surface area contributed by atoms with Crippen LogP contribution >= 0.6 is 24.2 Å². The average Bonchev–Trinajstić information content (AvgIpc) is 2.96. The van der Waals surface area contributed by atoms with Gasteiger partial charge in [-0.25, -0.2) is 9.48 Å². The molecular formula is C18H22ClN5O2S. The number of thioether (sulfide) groups is 1. The van der Waals surface area contributed by atoms with Gasteiger partial charge in [0.25, 0.3) is 0 Å². The zero-order valence-electron chi connectivity index (χ0n) is 14.9. The second-order valence-electron chi connectivity index (χ2n) is 5.95. The van der Waals surface area contributed by atoms with Gasteiger partial charge in [0.05, 0.1) is 12.6 Å². The first-order valence-corrected chi connectivity index (χ1v) is 9.66. The molecule has 2 heterocycles. The Bertz CT molecular complexity index is 972. The van der Waals surface area contributed by atoms with Crippen LogP contribution in [-0.4, -0.2) is 38.1 Å². The van der Waals surface area contributed by atoms with Gasteiger partial charge in [0.1, 0.15) is 0 Å². The Kier molecular flexibility index (Phi) is 7.46. The van der Waals surface area contributed by atoms with Gasteiger partial charge in [-0.05, 0) is 48.3 Å². The first-order valence-electron chi connectivity index (χ1n) is 8.27. The lowest BCUT2D eigenvalue weighted by Crippen LogP contribution is -2.36. The number of hydrogen-bond donors (Lipinski definition) is 2. The molecule has 0 saturated carbocycles. The molecule has 3 aromatic rings. The van der Waals surface area contributed by atoms with E-state index in [9.17, 15) is 9.59 Å². The highest BCUT2D eigenvalue weighted by atomic mass is 35.5. The molecule has 27 heavy (non-hydrogen) atoms. The number of amides is 1. The Labute approximate surface area is 167 Å². The minimum atomic E-state index is -0.535. The molecule has 3 rings (SSSR count). The van der Waals surface area contributed by atoms with E-state index in [-0.39, 0.29) is 24.0 Å². The van der Waals surface area contributed by atoms with Crippen molar-refractivity contribution in [3.63, 3.8) is 0 Å². The van der Waals surface area contributed by atoms with E-state index in [0.717, 1.165) is 11.3 Å². The Morgan fingerprint density at radius 3 is 2.85 bits per heavy atom. The van der Waals surface area contributed by atoms with E-state index in [4.69, 9.17) is 5.73 Å². The van der Waals surface area contributed by atoms with E-state index in [0.29, 0.717) is 24.3 Å². The van der Waals surface area contributed by atoms with Crippen molar-refractivity contribution in [2.24, 2.45) is 5.73 Å². The standard InChI is InChI=1S/C18H21N5O2S.ClH/c1-26-10-8-15(19)17(24)20-14-6-4-5-13(11-14)12-23-18(25)22-9-3-2-7-16(22)21-23;/h2-7,9,11,15H,8,10,12,19H2,1H3,(H,20,24);1H/t15-;/m0./s1. The first-order chi connectivity index (χ1) is 12.6. The summed E-state index contributed by atoms with van der Waals surface area (Å²) in [5.41, 5.74) is 7.81. The summed E-state index contributed by atoms with van der Waals surface area (Å²) in [5, 5.41) is 7.15. The number of nitrogens with two attached hydrogens (primary N) is 1. The van der Waals surface area contributed by atoms with E-state index in [2.05, 4.69) is 10.4 Å². The summed E-state index contributed by atoms with van der Waals surface area (Å²) in [6.07, 6.45) is 4.30. The smallest absolute Gasteiger partial charge is 0.325 e. The van der Waals surface area contributed by atoms with Gasteiger partial charge in [-0.2, -0.15) is 11.8 Å². The summed E-state index contributed by atoms with van der Waals surface area (Å²) in [6.45, 7) is 0.322. The van der Waals surface area contributed by atoms with Crippen LogP contribution in [0.2, 0.25) is 0 Å². The van der Waals surface area contributed by atoms with Crippen molar-refractivity contribution in [2.45, 2.75) is 19.0 Å². The molecule has 0 fully saturated rings. The lowest BCUT2D eigenvalue weighted by atomic mass is 10.2. The molecule has 0 saturated heterocycles. The molecule has 1 atom stereocenters. The molecule has 0 aliphatic heterocycles. The van der Waals surface area contributed by atoms with Crippen molar-refractivity contribution in [1.82, 2.24) is 14.2 Å². The van der Waals surface area contributed by atoms with Gasteiger partial charge in [-0.15, -0.1) is 17.5 Å². The van der Waals surface area contributed by atoms with E-state index < -0.39 is 6.04 Å². The van der Waals surface area contributed by atoms with Crippen molar-refractivity contribution in [3.8, 4) is 0 Å². The van der Waals surface area contributed by atoms with Crippen LogP contribution in [0, 0.1) is 0 Å². The molecule has 7 nitrogen and oxygen atoms in total. The van der Waals surface area contributed by atoms with Crippen LogP contribution in [0.25, 0.3) is 5.65 Å². The largest absolute Gasteiger partial charge is 0.350 e. The van der Waals surface area contributed by atoms with E-state index >= 15 is 0 Å². The third-order valence-electron chi connectivity index (χ3n) is 3.99. The number of halogens is 1. The highest BCUT2D eigenvalue weighted by molar-refractivity contribution is 7.98. The Hall–Kier alpha value is -2.29. The monoisotopic (exact) mass is 407 g/mol. The predicted molar refractivity (Wildman–Crippen MR) is 112 cm³/mol. The van der Waals surface area contributed by atoms with Crippen LogP contribution < -0.4 is 16.7 Å². The Morgan fingerprint density at radius 2 is 2.11 bits per heavy atom. The molecule has 9 heteroatoms. The third kappa shape index (κ3) is 5.12. The molecule has 144 valence electrons. The van der Waals surface area contributed by atoms with E-state index in [1.807, 2.05) is 30.5 Å². The summed E-state index contributed by atoms with van der Waals surface area (Å²) >= 11 is 1.66. The first kappa shape index (κ1) is 21.0. The molecule has 1 aromatic carbocycles. The molecule has 0 radical (unpaired) electrons. The average molecular weight is 408 g/mol. The van der Waals surface area contributed by atoms with Crippen molar-refractivity contribution in [3.05, 3.63) is 64.7 Å². The Balaban J connectivity index is 0.00000261. The third-order valence-corrected chi connectivity index (χ3v) is 4.63. The van der Waals surface area contributed by atoms with Gasteiger partial charge in [0, 0.05) is 11.9 Å². The predicted octanol–water partition coefficient (Wildman–Crippen LogP) is 1.98. The maximum atomic E-state index is 12.4. The van der Waals surface area contributed by atoms with Crippen LogP contribution in [-0.2, 0) is 11.3 Å². The lowest BCUT2D eigenvalue weighted by molar-refractivity contribution is -0.117. The van der Waals surface area contributed by atoms with Crippen LogP contribution in [0.5, 0.6) is 0 Å². The summed E-state index contributed by atoms with van der Waals surface area (Å²) < 4.78 is 2.90. The molecule has 0 unspecified atom stereocenters. The number of nitrogens with one attached hydrogen (secondary N) is 1. The molecule has 0 bridgehead atoms. The van der Waals surface area contributed by atoms with Crippen LogP contribution in [0.4, 0.5) is 5.69 Å². The van der Waals surface area contributed by atoms with Crippen LogP contribution in [0.3, 0.4) is 0 Å². The summed E-state index contributed by atoms with van der Waals surface area (Å²) in [5.74, 6) is 0.631. The van der Waals surface area contributed by atoms with Gasteiger partial charge < -0.3 is 11.1 Å². The minimum Gasteiger partial charge on any atom is -0.325 e.